The molecule has 1 amide bonds. The van der Waals surface area contributed by atoms with E-state index < -0.39 is 0 Å². The molecule has 130 valence electrons. The lowest BCUT2D eigenvalue weighted by Gasteiger charge is -2.42. The number of likely N-dealkylation sites (tertiary alicyclic amines) is 1. The van der Waals surface area contributed by atoms with Crippen LogP contribution in [-0.2, 0) is 20.8 Å². The molecule has 0 saturated carbocycles. The van der Waals surface area contributed by atoms with E-state index in [-0.39, 0.29) is 17.9 Å². The molecule has 0 spiro atoms. The standard InChI is InChI=1S/C18H25N3O3/c22-18(20-6-9-23-10-7-20)15-11-17-16(3-8-24-17)21(13-15)12-14-1-4-19-5-2-14/h1-2,4-5,15-17H,3,6-13H2/t15-,16+,17+/m1/s1. The van der Waals surface area contributed by atoms with Gasteiger partial charge in [-0.05, 0) is 30.5 Å². The predicted octanol–water partition coefficient (Wildman–Crippen LogP) is 0.920. The van der Waals surface area contributed by atoms with E-state index in [0.29, 0.717) is 32.3 Å². The van der Waals surface area contributed by atoms with E-state index in [0.717, 1.165) is 32.5 Å². The molecule has 0 radical (unpaired) electrons. The highest BCUT2D eigenvalue weighted by Gasteiger charge is 2.43. The molecule has 0 N–H and O–H groups in total. The first-order valence-corrected chi connectivity index (χ1v) is 8.92. The molecule has 3 atom stereocenters. The largest absolute Gasteiger partial charge is 0.378 e. The summed E-state index contributed by atoms with van der Waals surface area (Å²) in [4.78, 5) is 21.4. The van der Waals surface area contributed by atoms with Gasteiger partial charge in [0.05, 0.1) is 25.2 Å². The van der Waals surface area contributed by atoms with E-state index in [1.807, 2.05) is 17.3 Å². The molecule has 3 saturated heterocycles. The quantitative estimate of drug-likeness (QED) is 0.824. The second-order valence-electron chi connectivity index (χ2n) is 6.92. The third kappa shape index (κ3) is 3.31. The van der Waals surface area contributed by atoms with Crippen molar-refractivity contribution in [1.82, 2.24) is 14.8 Å². The Balaban J connectivity index is 1.47. The van der Waals surface area contributed by atoms with Crippen molar-refractivity contribution < 1.29 is 14.3 Å². The highest BCUT2D eigenvalue weighted by Crippen LogP contribution is 2.33. The van der Waals surface area contributed by atoms with Crippen molar-refractivity contribution in [1.29, 1.82) is 0 Å². The number of amides is 1. The van der Waals surface area contributed by atoms with Gasteiger partial charge < -0.3 is 14.4 Å². The Hall–Kier alpha value is -1.50. The van der Waals surface area contributed by atoms with Crippen LogP contribution in [0, 0.1) is 5.92 Å². The van der Waals surface area contributed by atoms with E-state index in [1.165, 1.54) is 5.56 Å². The fourth-order valence-electron chi connectivity index (χ4n) is 4.18. The molecule has 0 bridgehead atoms. The zero-order valence-corrected chi connectivity index (χ0v) is 14.0. The maximum atomic E-state index is 12.9. The van der Waals surface area contributed by atoms with Crippen LogP contribution in [0.1, 0.15) is 18.4 Å². The number of hydrogen-bond donors (Lipinski definition) is 0. The third-order valence-electron chi connectivity index (χ3n) is 5.42. The molecule has 4 rings (SSSR count). The number of hydrogen-bond acceptors (Lipinski definition) is 5. The Labute approximate surface area is 142 Å². The van der Waals surface area contributed by atoms with Gasteiger partial charge >= 0.3 is 0 Å². The number of piperidine rings is 1. The molecule has 6 nitrogen and oxygen atoms in total. The number of morpholine rings is 1. The Bertz CT molecular complexity index is 562. The molecule has 1 aromatic rings. The molecular formula is C18H25N3O3. The first kappa shape index (κ1) is 16.0. The third-order valence-corrected chi connectivity index (χ3v) is 5.42. The van der Waals surface area contributed by atoms with Crippen LogP contribution in [0.15, 0.2) is 24.5 Å². The Morgan fingerprint density at radius 3 is 2.79 bits per heavy atom. The topological polar surface area (TPSA) is 54.9 Å². The van der Waals surface area contributed by atoms with Gasteiger partial charge in [-0.25, -0.2) is 0 Å². The Morgan fingerprint density at radius 2 is 2.00 bits per heavy atom. The fraction of sp³-hybridized carbons (Fsp3) is 0.667. The number of fused-ring (bicyclic) bond motifs is 1. The van der Waals surface area contributed by atoms with Gasteiger partial charge in [-0.1, -0.05) is 0 Å². The molecule has 1 aromatic heterocycles. The van der Waals surface area contributed by atoms with Gasteiger partial charge in [0.1, 0.15) is 0 Å². The summed E-state index contributed by atoms with van der Waals surface area (Å²) in [5.74, 6) is 0.302. The van der Waals surface area contributed by atoms with Crippen LogP contribution >= 0.6 is 0 Å². The monoisotopic (exact) mass is 331 g/mol. The maximum absolute atomic E-state index is 12.9. The second-order valence-corrected chi connectivity index (χ2v) is 6.92. The fourth-order valence-corrected chi connectivity index (χ4v) is 4.18. The van der Waals surface area contributed by atoms with E-state index >= 15 is 0 Å². The van der Waals surface area contributed by atoms with Crippen molar-refractivity contribution in [3.05, 3.63) is 30.1 Å². The van der Waals surface area contributed by atoms with E-state index in [2.05, 4.69) is 22.0 Å². The molecule has 3 fully saturated rings. The maximum Gasteiger partial charge on any atom is 0.227 e. The molecule has 0 aromatic carbocycles. The summed E-state index contributed by atoms with van der Waals surface area (Å²) in [6.07, 6.45) is 5.77. The molecule has 4 heterocycles. The van der Waals surface area contributed by atoms with E-state index in [1.54, 1.807) is 0 Å². The van der Waals surface area contributed by atoms with Crippen LogP contribution in [0.5, 0.6) is 0 Å². The van der Waals surface area contributed by atoms with Gasteiger partial charge in [0.25, 0.3) is 0 Å². The van der Waals surface area contributed by atoms with Gasteiger partial charge in [-0.2, -0.15) is 0 Å². The van der Waals surface area contributed by atoms with Crippen LogP contribution in [0.2, 0.25) is 0 Å². The van der Waals surface area contributed by atoms with Crippen molar-refractivity contribution in [2.45, 2.75) is 31.5 Å². The smallest absolute Gasteiger partial charge is 0.227 e. The first-order valence-electron chi connectivity index (χ1n) is 8.92. The van der Waals surface area contributed by atoms with Crippen molar-refractivity contribution in [3.63, 3.8) is 0 Å². The van der Waals surface area contributed by atoms with E-state index in [4.69, 9.17) is 9.47 Å². The molecular weight excluding hydrogens is 306 g/mol. The average Bonchev–Trinajstić information content (AvgIpc) is 3.11. The normalized spacial score (nSPS) is 31.0. The van der Waals surface area contributed by atoms with Crippen LogP contribution in [-0.4, -0.2) is 72.3 Å². The van der Waals surface area contributed by atoms with Gasteiger partial charge in [0.2, 0.25) is 5.91 Å². The molecule has 0 aliphatic carbocycles. The first-order chi connectivity index (χ1) is 11.8. The van der Waals surface area contributed by atoms with Crippen molar-refractivity contribution >= 4 is 5.91 Å². The number of carbonyl (C=O) groups excluding carboxylic acids is 1. The summed E-state index contributed by atoms with van der Waals surface area (Å²) < 4.78 is 11.3. The van der Waals surface area contributed by atoms with Crippen molar-refractivity contribution in [3.8, 4) is 0 Å². The lowest BCUT2D eigenvalue weighted by atomic mass is 9.88. The lowest BCUT2D eigenvalue weighted by Crippen LogP contribution is -2.54. The average molecular weight is 331 g/mol. The number of aromatic nitrogens is 1. The molecule has 24 heavy (non-hydrogen) atoms. The minimum atomic E-state index is 0.0317. The Kier molecular flexibility index (Phi) is 4.78. The zero-order valence-electron chi connectivity index (χ0n) is 14.0. The predicted molar refractivity (Wildman–Crippen MR) is 88.3 cm³/mol. The van der Waals surface area contributed by atoms with Crippen LogP contribution in [0.3, 0.4) is 0 Å². The summed E-state index contributed by atoms with van der Waals surface area (Å²) in [5, 5.41) is 0. The number of nitrogens with zero attached hydrogens (tertiary/aromatic N) is 3. The van der Waals surface area contributed by atoms with Gasteiger partial charge in [-0.3, -0.25) is 14.7 Å². The summed E-state index contributed by atoms with van der Waals surface area (Å²) >= 11 is 0. The highest BCUT2D eigenvalue weighted by atomic mass is 16.5. The van der Waals surface area contributed by atoms with Crippen LogP contribution in [0.4, 0.5) is 0 Å². The van der Waals surface area contributed by atoms with E-state index in [9.17, 15) is 4.79 Å². The SMILES string of the molecule is O=C([C@@H]1C[C@@H]2OCC[C@@H]2N(Cc2ccncc2)C1)N1CCOCC1. The Morgan fingerprint density at radius 1 is 1.21 bits per heavy atom. The van der Waals surface area contributed by atoms with Crippen molar-refractivity contribution in [2.75, 3.05) is 39.5 Å². The summed E-state index contributed by atoms with van der Waals surface area (Å²) in [7, 11) is 0. The van der Waals surface area contributed by atoms with Crippen molar-refractivity contribution in [2.24, 2.45) is 5.92 Å². The molecule has 3 aliphatic heterocycles. The summed E-state index contributed by atoms with van der Waals surface area (Å²) in [5.41, 5.74) is 1.25. The minimum absolute atomic E-state index is 0.0317. The lowest BCUT2D eigenvalue weighted by molar-refractivity contribution is -0.144. The highest BCUT2D eigenvalue weighted by molar-refractivity contribution is 5.79. The van der Waals surface area contributed by atoms with Gasteiger partial charge in [-0.15, -0.1) is 0 Å². The summed E-state index contributed by atoms with van der Waals surface area (Å²) in [6.45, 7) is 5.23. The van der Waals surface area contributed by atoms with Gasteiger partial charge in [0.15, 0.2) is 0 Å². The second kappa shape index (κ2) is 7.17. The number of rotatable bonds is 3. The zero-order chi connectivity index (χ0) is 16.4. The minimum Gasteiger partial charge on any atom is -0.378 e. The molecule has 6 heteroatoms. The number of carbonyl (C=O) groups is 1. The summed E-state index contributed by atoms with van der Waals surface area (Å²) in [6, 6.07) is 4.54. The van der Waals surface area contributed by atoms with Crippen LogP contribution < -0.4 is 0 Å². The van der Waals surface area contributed by atoms with Crippen LogP contribution in [0.25, 0.3) is 0 Å². The number of ether oxygens (including phenoxy) is 2. The molecule has 3 aliphatic rings. The van der Waals surface area contributed by atoms with Gasteiger partial charge in [0, 0.05) is 51.2 Å². The molecule has 0 unspecified atom stereocenters. The number of pyridine rings is 1.